The van der Waals surface area contributed by atoms with Crippen molar-refractivity contribution in [2.45, 2.75) is 51.4 Å². The number of hydrogen-bond acceptors (Lipinski definition) is 4. The molecule has 1 spiro atoms. The van der Waals surface area contributed by atoms with Crippen LogP contribution in [0.5, 0.6) is 0 Å². The van der Waals surface area contributed by atoms with E-state index in [1.165, 1.54) is 18.2 Å². The van der Waals surface area contributed by atoms with Crippen molar-refractivity contribution in [1.82, 2.24) is 20.0 Å². The fraction of sp³-hybridized carbons (Fsp3) is 0.500. The quantitative estimate of drug-likeness (QED) is 0.782. The van der Waals surface area contributed by atoms with E-state index >= 15 is 0 Å². The number of benzene rings is 1. The highest BCUT2D eigenvalue weighted by molar-refractivity contribution is 6.31. The number of rotatable bonds is 3. The minimum Gasteiger partial charge on any atom is -0.370 e. The monoisotopic (exact) mass is 448 g/mol. The van der Waals surface area contributed by atoms with Gasteiger partial charge in [-0.25, -0.2) is 4.39 Å². The summed E-state index contributed by atoms with van der Waals surface area (Å²) in [4.78, 5) is 26.9. The Balaban J connectivity index is 1.47. The third-order valence-electron chi connectivity index (χ3n) is 6.04. The van der Waals surface area contributed by atoms with Gasteiger partial charge in [0.1, 0.15) is 5.82 Å². The van der Waals surface area contributed by atoms with Crippen molar-refractivity contribution in [2.75, 3.05) is 13.1 Å². The number of carbonyl (C=O) groups excluding carboxylic acids is 2. The second-order valence-corrected chi connectivity index (χ2v) is 9.03. The molecule has 1 aromatic carbocycles. The van der Waals surface area contributed by atoms with Gasteiger partial charge in [-0.15, -0.1) is 0 Å². The molecule has 3 heterocycles. The molecule has 2 aliphatic rings. The maximum Gasteiger partial charge on any atom is 0.272 e. The summed E-state index contributed by atoms with van der Waals surface area (Å²) < 4.78 is 22.1. The molecule has 2 amide bonds. The smallest absolute Gasteiger partial charge is 0.272 e. The summed E-state index contributed by atoms with van der Waals surface area (Å²) in [5.41, 5.74) is 1.79. The molecule has 1 saturated heterocycles. The Labute approximate surface area is 185 Å². The van der Waals surface area contributed by atoms with Crippen LogP contribution in [0.3, 0.4) is 0 Å². The minimum absolute atomic E-state index is 0.0114. The number of carbonyl (C=O) groups is 2. The number of nitrogens with zero attached hydrogens (tertiary/aromatic N) is 3. The number of piperidine rings is 1. The van der Waals surface area contributed by atoms with Gasteiger partial charge < -0.3 is 15.0 Å². The fourth-order valence-corrected chi connectivity index (χ4v) is 4.51. The SMILES string of the molecule is CC(C)NC(=O)c1nn(C)c2c1COC1(CCN(C(=O)c3cc(Cl)ccc3F)CC1)C2. The average molecular weight is 449 g/mol. The molecule has 31 heavy (non-hydrogen) atoms. The standard InChI is InChI=1S/C22H26ClFN4O3/c1-13(2)25-20(29)19-16-12-31-22(11-18(16)27(3)26-19)6-8-28(9-7-22)21(30)15-10-14(23)4-5-17(15)24/h4-5,10,13H,6-9,11-12H2,1-3H3,(H,25,29). The van der Waals surface area contributed by atoms with E-state index in [1.807, 2.05) is 20.9 Å². The van der Waals surface area contributed by atoms with Gasteiger partial charge in [-0.3, -0.25) is 14.3 Å². The second-order valence-electron chi connectivity index (χ2n) is 8.59. The molecule has 0 atom stereocenters. The van der Waals surface area contributed by atoms with Crippen LogP contribution in [0.1, 0.15) is 58.8 Å². The van der Waals surface area contributed by atoms with Crippen molar-refractivity contribution < 1.29 is 18.7 Å². The van der Waals surface area contributed by atoms with E-state index in [0.29, 0.717) is 49.7 Å². The lowest BCUT2D eigenvalue weighted by Crippen LogP contribution is -2.51. The summed E-state index contributed by atoms with van der Waals surface area (Å²) in [6.45, 7) is 5.03. The van der Waals surface area contributed by atoms with Gasteiger partial charge in [-0.2, -0.15) is 5.10 Å². The average Bonchev–Trinajstić information content (AvgIpc) is 3.05. The van der Waals surface area contributed by atoms with E-state index in [2.05, 4.69) is 10.4 Å². The second kappa shape index (κ2) is 8.24. The summed E-state index contributed by atoms with van der Waals surface area (Å²) in [6.07, 6.45) is 1.87. The van der Waals surface area contributed by atoms with Crippen LogP contribution < -0.4 is 5.32 Å². The summed E-state index contributed by atoms with van der Waals surface area (Å²) in [5.74, 6) is -1.13. The molecular weight excluding hydrogens is 423 g/mol. The number of likely N-dealkylation sites (tertiary alicyclic amines) is 1. The molecule has 2 aliphatic heterocycles. The van der Waals surface area contributed by atoms with Gasteiger partial charge in [-0.05, 0) is 44.9 Å². The van der Waals surface area contributed by atoms with E-state index in [1.54, 1.807) is 9.58 Å². The first-order valence-electron chi connectivity index (χ1n) is 10.4. The van der Waals surface area contributed by atoms with E-state index in [0.717, 1.165) is 11.3 Å². The van der Waals surface area contributed by atoms with Crippen molar-refractivity contribution in [2.24, 2.45) is 7.05 Å². The molecule has 4 rings (SSSR count). The molecule has 0 unspecified atom stereocenters. The first-order chi connectivity index (χ1) is 14.7. The number of ether oxygens (including phenoxy) is 1. The Bertz CT molecular complexity index is 1030. The number of nitrogens with one attached hydrogen (secondary N) is 1. The summed E-state index contributed by atoms with van der Waals surface area (Å²) in [6, 6.07) is 4.02. The number of halogens is 2. The van der Waals surface area contributed by atoms with E-state index in [-0.39, 0.29) is 23.4 Å². The Morgan fingerprint density at radius 2 is 2.00 bits per heavy atom. The van der Waals surface area contributed by atoms with Gasteiger partial charge in [0.05, 0.1) is 17.8 Å². The van der Waals surface area contributed by atoms with Crippen molar-refractivity contribution >= 4 is 23.4 Å². The predicted molar refractivity (Wildman–Crippen MR) is 114 cm³/mol. The van der Waals surface area contributed by atoms with Crippen LogP contribution in [0.4, 0.5) is 4.39 Å². The van der Waals surface area contributed by atoms with Crippen LogP contribution in [0.15, 0.2) is 18.2 Å². The molecule has 7 nitrogen and oxygen atoms in total. The molecule has 1 aromatic heterocycles. The molecule has 0 aliphatic carbocycles. The molecule has 0 bridgehead atoms. The van der Waals surface area contributed by atoms with Crippen LogP contribution in [-0.2, 0) is 24.8 Å². The third kappa shape index (κ3) is 4.19. The van der Waals surface area contributed by atoms with Crippen LogP contribution in [0, 0.1) is 5.82 Å². The zero-order chi connectivity index (χ0) is 22.3. The van der Waals surface area contributed by atoms with Crippen LogP contribution >= 0.6 is 11.6 Å². The number of aromatic nitrogens is 2. The molecule has 166 valence electrons. The highest BCUT2D eigenvalue weighted by Gasteiger charge is 2.42. The zero-order valence-corrected chi connectivity index (χ0v) is 18.6. The first kappa shape index (κ1) is 21.8. The maximum atomic E-state index is 14.1. The fourth-order valence-electron chi connectivity index (χ4n) is 4.34. The number of hydrogen-bond donors (Lipinski definition) is 1. The molecule has 9 heteroatoms. The Morgan fingerprint density at radius 1 is 1.29 bits per heavy atom. The van der Waals surface area contributed by atoms with Crippen molar-refractivity contribution in [3.63, 3.8) is 0 Å². The topological polar surface area (TPSA) is 76.5 Å². The van der Waals surface area contributed by atoms with E-state index in [4.69, 9.17) is 16.3 Å². The molecule has 1 N–H and O–H groups in total. The van der Waals surface area contributed by atoms with E-state index in [9.17, 15) is 14.0 Å². The zero-order valence-electron chi connectivity index (χ0n) is 17.9. The maximum absolute atomic E-state index is 14.1. The Kier molecular flexibility index (Phi) is 5.79. The molecular formula is C22H26ClFN4O3. The molecule has 0 saturated carbocycles. The van der Waals surface area contributed by atoms with Gasteiger partial charge in [0.25, 0.3) is 11.8 Å². The molecule has 0 radical (unpaired) electrons. The highest BCUT2D eigenvalue weighted by atomic mass is 35.5. The van der Waals surface area contributed by atoms with Crippen LogP contribution in [0.2, 0.25) is 5.02 Å². The van der Waals surface area contributed by atoms with Crippen LogP contribution in [-0.4, -0.2) is 51.2 Å². The Morgan fingerprint density at radius 3 is 2.68 bits per heavy atom. The highest BCUT2D eigenvalue weighted by Crippen LogP contribution is 2.37. The van der Waals surface area contributed by atoms with Gasteiger partial charge in [0, 0.05) is 48.9 Å². The lowest BCUT2D eigenvalue weighted by atomic mass is 9.83. The van der Waals surface area contributed by atoms with Gasteiger partial charge in [-0.1, -0.05) is 11.6 Å². The summed E-state index contributed by atoms with van der Waals surface area (Å²) in [7, 11) is 1.84. The van der Waals surface area contributed by atoms with Gasteiger partial charge >= 0.3 is 0 Å². The molecule has 1 fully saturated rings. The largest absolute Gasteiger partial charge is 0.370 e. The van der Waals surface area contributed by atoms with Crippen LogP contribution in [0.25, 0.3) is 0 Å². The van der Waals surface area contributed by atoms with E-state index < -0.39 is 11.4 Å². The summed E-state index contributed by atoms with van der Waals surface area (Å²) >= 11 is 5.94. The lowest BCUT2D eigenvalue weighted by Gasteiger charge is -2.43. The van der Waals surface area contributed by atoms with Crippen molar-refractivity contribution in [1.29, 1.82) is 0 Å². The van der Waals surface area contributed by atoms with Gasteiger partial charge in [0.2, 0.25) is 0 Å². The van der Waals surface area contributed by atoms with Crippen molar-refractivity contribution in [3.05, 3.63) is 51.6 Å². The first-order valence-corrected chi connectivity index (χ1v) is 10.8. The molecule has 2 aromatic rings. The minimum atomic E-state index is -0.574. The number of amides is 2. The lowest BCUT2D eigenvalue weighted by molar-refractivity contribution is -0.0990. The predicted octanol–water partition coefficient (Wildman–Crippen LogP) is 3.10. The van der Waals surface area contributed by atoms with Crippen molar-refractivity contribution in [3.8, 4) is 0 Å². The summed E-state index contributed by atoms with van der Waals surface area (Å²) in [5, 5.41) is 7.64. The normalized spacial score (nSPS) is 17.7. The Hall–Kier alpha value is -2.45. The number of aryl methyl sites for hydroxylation is 1. The number of fused-ring (bicyclic) bond motifs is 1. The van der Waals surface area contributed by atoms with Gasteiger partial charge in [0.15, 0.2) is 5.69 Å². The third-order valence-corrected chi connectivity index (χ3v) is 6.28.